The summed E-state index contributed by atoms with van der Waals surface area (Å²) in [6, 6.07) is 0. The molecule has 1 amide bonds. The Kier molecular flexibility index (Phi) is 7.45. The van der Waals surface area contributed by atoms with Gasteiger partial charge < -0.3 is 15.7 Å². The monoisotopic (exact) mass is 495 g/mol. The van der Waals surface area contributed by atoms with Crippen molar-refractivity contribution < 1.29 is 14.7 Å². The standard InChI is InChI=1S/C24H33N9O3/c1-4-27-13-32(26)19-6-5-17(11-28-19)18-12-29-33-22(25)20(14(2)34)21(30-23(18)33)16-7-9-31(10-8-16)24(36)15(3)35/h5,11-13,15-16,19,35H,4,6-10,25-26H2,1-3H3/t15-,19?/m1/s1. The molecular formula is C24H33N9O3. The molecule has 2 aromatic rings. The predicted octanol–water partition coefficient (Wildman–Crippen LogP) is 1.01. The molecule has 36 heavy (non-hydrogen) atoms. The van der Waals surface area contributed by atoms with E-state index in [0.717, 1.165) is 11.1 Å². The molecule has 1 unspecified atom stereocenters. The third kappa shape index (κ3) is 4.86. The van der Waals surface area contributed by atoms with E-state index in [1.165, 1.54) is 23.4 Å². The Morgan fingerprint density at radius 2 is 2.08 bits per heavy atom. The number of carbonyl (C=O) groups is 2. The summed E-state index contributed by atoms with van der Waals surface area (Å²) < 4.78 is 1.49. The number of aromatic nitrogens is 3. The minimum Gasteiger partial charge on any atom is -0.384 e. The second-order valence-corrected chi connectivity index (χ2v) is 9.10. The lowest BCUT2D eigenvalue weighted by molar-refractivity contribution is -0.140. The van der Waals surface area contributed by atoms with Crippen LogP contribution in [0.2, 0.25) is 0 Å². The molecule has 0 aliphatic carbocycles. The second kappa shape index (κ2) is 10.5. The lowest BCUT2D eigenvalue weighted by atomic mass is 9.89. The van der Waals surface area contributed by atoms with Gasteiger partial charge in [-0.05, 0) is 33.6 Å². The average Bonchev–Trinajstić information content (AvgIpc) is 3.31. The van der Waals surface area contributed by atoms with Crippen LogP contribution in [0.25, 0.3) is 11.2 Å². The number of nitrogens with zero attached hydrogens (tertiary/aromatic N) is 7. The lowest BCUT2D eigenvalue weighted by Gasteiger charge is -2.33. The number of hydrogen-bond donors (Lipinski definition) is 3. The van der Waals surface area contributed by atoms with Gasteiger partial charge in [0.25, 0.3) is 5.91 Å². The van der Waals surface area contributed by atoms with Crippen molar-refractivity contribution in [1.29, 1.82) is 0 Å². The Morgan fingerprint density at radius 3 is 2.67 bits per heavy atom. The van der Waals surface area contributed by atoms with E-state index in [2.05, 4.69) is 15.1 Å². The molecule has 0 saturated carbocycles. The van der Waals surface area contributed by atoms with Gasteiger partial charge in [0.2, 0.25) is 0 Å². The fourth-order valence-corrected chi connectivity index (χ4v) is 4.67. The minimum atomic E-state index is -1.04. The highest BCUT2D eigenvalue weighted by molar-refractivity contribution is 6.13. The second-order valence-electron chi connectivity index (χ2n) is 9.10. The third-order valence-corrected chi connectivity index (χ3v) is 6.60. The summed E-state index contributed by atoms with van der Waals surface area (Å²) in [4.78, 5) is 40.0. The zero-order valence-electron chi connectivity index (χ0n) is 20.8. The predicted molar refractivity (Wildman–Crippen MR) is 138 cm³/mol. The van der Waals surface area contributed by atoms with E-state index in [9.17, 15) is 14.7 Å². The first-order valence-corrected chi connectivity index (χ1v) is 12.1. The van der Waals surface area contributed by atoms with Crippen LogP contribution in [0, 0.1) is 0 Å². The average molecular weight is 496 g/mol. The summed E-state index contributed by atoms with van der Waals surface area (Å²) in [5, 5.41) is 15.5. The molecule has 192 valence electrons. The number of rotatable bonds is 7. The summed E-state index contributed by atoms with van der Waals surface area (Å²) >= 11 is 0. The lowest BCUT2D eigenvalue weighted by Crippen LogP contribution is -2.42. The number of carbonyl (C=O) groups excluding carboxylic acids is 2. The molecule has 0 radical (unpaired) electrons. The van der Waals surface area contributed by atoms with Gasteiger partial charge in [-0.15, -0.1) is 0 Å². The van der Waals surface area contributed by atoms with E-state index in [1.54, 1.807) is 23.6 Å². The molecule has 12 heteroatoms. The summed E-state index contributed by atoms with van der Waals surface area (Å²) in [5.41, 5.74) is 9.57. The van der Waals surface area contributed by atoms with Gasteiger partial charge >= 0.3 is 0 Å². The Morgan fingerprint density at radius 1 is 1.36 bits per heavy atom. The van der Waals surface area contributed by atoms with Crippen LogP contribution in [0.4, 0.5) is 5.82 Å². The SMILES string of the molecule is CCN=CN(N)C1CC=C(c2cnn3c(N)c(C(C)=O)c(C4CCN(C(=O)[C@@H](C)O)CC4)nc23)C=N1. The van der Waals surface area contributed by atoms with E-state index in [1.807, 2.05) is 13.0 Å². The Labute approximate surface area is 209 Å². The number of aliphatic hydroxyl groups is 1. The number of piperidine rings is 1. The maximum atomic E-state index is 12.6. The molecule has 4 rings (SSSR count). The van der Waals surface area contributed by atoms with Crippen molar-refractivity contribution in [3.05, 3.63) is 29.1 Å². The largest absolute Gasteiger partial charge is 0.384 e. The van der Waals surface area contributed by atoms with Gasteiger partial charge in [0.15, 0.2) is 11.4 Å². The zero-order valence-corrected chi connectivity index (χ0v) is 20.8. The first-order valence-electron chi connectivity index (χ1n) is 12.1. The number of nitrogen functional groups attached to an aromatic ring is 1. The smallest absolute Gasteiger partial charge is 0.251 e. The van der Waals surface area contributed by atoms with Crippen molar-refractivity contribution in [3.8, 4) is 0 Å². The number of allylic oxidation sites excluding steroid dienone is 1. The summed E-state index contributed by atoms with van der Waals surface area (Å²) in [5.74, 6) is 5.74. The molecule has 12 nitrogen and oxygen atoms in total. The van der Waals surface area contributed by atoms with Gasteiger partial charge in [0.05, 0.1) is 17.5 Å². The van der Waals surface area contributed by atoms with E-state index < -0.39 is 6.10 Å². The maximum absolute atomic E-state index is 12.6. The van der Waals surface area contributed by atoms with Gasteiger partial charge in [0.1, 0.15) is 24.4 Å². The number of likely N-dealkylation sites (tertiary alicyclic amines) is 1. The van der Waals surface area contributed by atoms with Crippen LogP contribution in [0.1, 0.15) is 67.6 Å². The molecule has 0 aromatic carbocycles. The van der Waals surface area contributed by atoms with Crippen LogP contribution >= 0.6 is 0 Å². The molecule has 0 bridgehead atoms. The maximum Gasteiger partial charge on any atom is 0.251 e. The molecule has 2 aromatic heterocycles. The third-order valence-electron chi connectivity index (χ3n) is 6.60. The van der Waals surface area contributed by atoms with Gasteiger partial charge in [-0.1, -0.05) is 6.08 Å². The topological polar surface area (TPSA) is 168 Å². The van der Waals surface area contributed by atoms with Gasteiger partial charge in [-0.2, -0.15) is 9.61 Å². The zero-order chi connectivity index (χ0) is 26.0. The molecule has 5 N–H and O–H groups in total. The molecule has 1 fully saturated rings. The number of hydrazine groups is 1. The number of anilines is 1. The number of hydrogen-bond acceptors (Lipinski definition) is 9. The van der Waals surface area contributed by atoms with E-state index in [4.69, 9.17) is 16.6 Å². The molecule has 4 heterocycles. The summed E-state index contributed by atoms with van der Waals surface area (Å²) in [6.45, 7) is 6.45. The van der Waals surface area contributed by atoms with Gasteiger partial charge in [-0.3, -0.25) is 24.6 Å². The van der Waals surface area contributed by atoms with Crippen LogP contribution in [-0.2, 0) is 4.79 Å². The molecule has 1 saturated heterocycles. The number of ketones is 1. The van der Waals surface area contributed by atoms with Crippen molar-refractivity contribution in [2.75, 3.05) is 25.4 Å². The number of nitrogens with two attached hydrogens (primary N) is 2. The number of aliphatic hydroxyl groups excluding tert-OH is 1. The van der Waals surface area contributed by atoms with Crippen LogP contribution < -0.4 is 11.6 Å². The van der Waals surface area contributed by atoms with Crippen LogP contribution in [-0.4, -0.2) is 85.8 Å². The quantitative estimate of drug-likeness (QED) is 0.168. The normalized spacial score (nSPS) is 19.6. The van der Waals surface area contributed by atoms with E-state index in [-0.39, 0.29) is 29.6 Å². The highest BCUT2D eigenvalue weighted by atomic mass is 16.3. The number of fused-ring (bicyclic) bond motifs is 1. The van der Waals surface area contributed by atoms with Crippen molar-refractivity contribution in [1.82, 2.24) is 24.5 Å². The van der Waals surface area contributed by atoms with Crippen LogP contribution in [0.15, 0.2) is 22.3 Å². The first kappa shape index (κ1) is 25.5. The Hall–Kier alpha value is -3.64. The number of amides is 1. The number of dihydropyridines is 1. The van der Waals surface area contributed by atoms with Crippen molar-refractivity contribution in [2.45, 2.75) is 58.2 Å². The van der Waals surface area contributed by atoms with E-state index >= 15 is 0 Å². The molecule has 2 aliphatic rings. The fraction of sp³-hybridized carbons (Fsp3) is 0.500. The van der Waals surface area contributed by atoms with Gasteiger partial charge in [0, 0.05) is 49.3 Å². The Balaban J connectivity index is 1.65. The highest BCUT2D eigenvalue weighted by Gasteiger charge is 2.31. The van der Waals surface area contributed by atoms with E-state index in [0.29, 0.717) is 55.8 Å². The van der Waals surface area contributed by atoms with Gasteiger partial charge in [-0.25, -0.2) is 10.8 Å². The van der Waals surface area contributed by atoms with Crippen molar-refractivity contribution in [3.63, 3.8) is 0 Å². The summed E-state index contributed by atoms with van der Waals surface area (Å²) in [7, 11) is 0. The fourth-order valence-electron chi connectivity index (χ4n) is 4.67. The van der Waals surface area contributed by atoms with Crippen LogP contribution in [0.3, 0.4) is 0 Å². The highest BCUT2D eigenvalue weighted by Crippen LogP contribution is 2.34. The summed E-state index contributed by atoms with van der Waals surface area (Å²) in [6.07, 6.45) is 7.53. The van der Waals surface area contributed by atoms with Crippen LogP contribution in [0.5, 0.6) is 0 Å². The number of Topliss-reactive ketones (excluding diaryl/α,β-unsaturated/α-hetero) is 1. The number of aliphatic imine (C=N–C) groups is 2. The van der Waals surface area contributed by atoms with Crippen molar-refractivity contribution in [2.24, 2.45) is 15.8 Å². The van der Waals surface area contributed by atoms with Crippen molar-refractivity contribution >= 4 is 41.3 Å². The molecule has 2 atom stereocenters. The Bertz CT molecular complexity index is 1240. The molecule has 0 spiro atoms. The minimum absolute atomic E-state index is 0.0565. The molecule has 2 aliphatic heterocycles. The molecular weight excluding hydrogens is 462 g/mol. The first-order chi connectivity index (χ1) is 17.2.